The minimum Gasteiger partial charge on any atom is -0.325 e. The van der Waals surface area contributed by atoms with Crippen LogP contribution in [0.1, 0.15) is 12.0 Å². The Morgan fingerprint density at radius 1 is 1.25 bits per heavy atom. The molecule has 6 heteroatoms. The highest BCUT2D eigenvalue weighted by Crippen LogP contribution is 2.28. The van der Waals surface area contributed by atoms with Crippen LogP contribution in [0.3, 0.4) is 0 Å². The number of hydrogen-bond donors (Lipinski definition) is 1. The molecule has 1 atom stereocenters. The summed E-state index contributed by atoms with van der Waals surface area (Å²) in [5.41, 5.74) is 2.31. The zero-order chi connectivity index (χ0) is 17.3. The van der Waals surface area contributed by atoms with Crippen molar-refractivity contribution in [1.29, 1.82) is 0 Å². The normalized spacial score (nSPS) is 17.2. The molecule has 2 amide bonds. The lowest BCUT2D eigenvalue weighted by molar-refractivity contribution is -0.122. The van der Waals surface area contributed by atoms with Crippen molar-refractivity contribution in [2.45, 2.75) is 13.3 Å². The van der Waals surface area contributed by atoms with Crippen LogP contribution in [-0.4, -0.2) is 18.4 Å². The van der Waals surface area contributed by atoms with Crippen LogP contribution in [0.4, 0.5) is 11.4 Å². The van der Waals surface area contributed by atoms with Gasteiger partial charge in [-0.25, -0.2) is 0 Å². The highest BCUT2D eigenvalue weighted by atomic mass is 79.9. The van der Waals surface area contributed by atoms with Gasteiger partial charge in [0, 0.05) is 33.8 Å². The number of carbonyl (C=O) groups excluding carboxylic acids is 2. The molecular weight excluding hydrogens is 392 g/mol. The summed E-state index contributed by atoms with van der Waals surface area (Å²) in [4.78, 5) is 26.4. The van der Waals surface area contributed by atoms with Gasteiger partial charge in [0.2, 0.25) is 11.8 Å². The van der Waals surface area contributed by atoms with Gasteiger partial charge in [-0.2, -0.15) is 0 Å². The van der Waals surface area contributed by atoms with E-state index >= 15 is 0 Å². The molecule has 1 aliphatic heterocycles. The van der Waals surface area contributed by atoms with Crippen molar-refractivity contribution < 1.29 is 9.59 Å². The van der Waals surface area contributed by atoms with Crippen molar-refractivity contribution in [2.75, 3.05) is 16.8 Å². The summed E-state index contributed by atoms with van der Waals surface area (Å²) in [5, 5.41) is 3.49. The number of nitrogens with one attached hydrogen (secondary N) is 1. The van der Waals surface area contributed by atoms with E-state index in [9.17, 15) is 9.59 Å². The zero-order valence-electron chi connectivity index (χ0n) is 13.1. The van der Waals surface area contributed by atoms with Crippen LogP contribution in [0.25, 0.3) is 0 Å². The molecule has 0 saturated carbocycles. The molecule has 2 aromatic rings. The molecule has 24 heavy (non-hydrogen) atoms. The number of hydrogen-bond acceptors (Lipinski definition) is 2. The van der Waals surface area contributed by atoms with E-state index < -0.39 is 0 Å². The summed E-state index contributed by atoms with van der Waals surface area (Å²) in [6.07, 6.45) is 0.210. The molecule has 1 fully saturated rings. The predicted octanol–water partition coefficient (Wildman–Crippen LogP) is 4.40. The average Bonchev–Trinajstić information content (AvgIpc) is 2.94. The second-order valence-electron chi connectivity index (χ2n) is 5.78. The lowest BCUT2D eigenvalue weighted by Gasteiger charge is -2.17. The second-order valence-corrected chi connectivity index (χ2v) is 7.11. The molecule has 0 radical (unpaired) electrons. The molecular formula is C18H16BrClN2O2. The smallest absolute Gasteiger partial charge is 0.229 e. The first-order chi connectivity index (χ1) is 11.5. The third kappa shape index (κ3) is 3.47. The first-order valence-corrected chi connectivity index (χ1v) is 8.74. The first-order valence-electron chi connectivity index (χ1n) is 7.57. The van der Waals surface area contributed by atoms with E-state index in [-0.39, 0.29) is 24.2 Å². The summed E-state index contributed by atoms with van der Waals surface area (Å²) in [5.74, 6) is -0.576. The molecule has 3 rings (SSSR count). The van der Waals surface area contributed by atoms with Crippen LogP contribution >= 0.6 is 27.5 Å². The van der Waals surface area contributed by atoms with Crippen molar-refractivity contribution in [2.24, 2.45) is 5.92 Å². The van der Waals surface area contributed by atoms with Gasteiger partial charge < -0.3 is 10.2 Å². The Kier molecular flexibility index (Phi) is 4.92. The van der Waals surface area contributed by atoms with Crippen LogP contribution in [-0.2, 0) is 9.59 Å². The topological polar surface area (TPSA) is 49.4 Å². The van der Waals surface area contributed by atoms with Gasteiger partial charge >= 0.3 is 0 Å². The van der Waals surface area contributed by atoms with Crippen LogP contribution < -0.4 is 10.2 Å². The number of benzene rings is 2. The monoisotopic (exact) mass is 406 g/mol. The van der Waals surface area contributed by atoms with Gasteiger partial charge in [-0.3, -0.25) is 9.59 Å². The van der Waals surface area contributed by atoms with Crippen molar-refractivity contribution in [3.8, 4) is 0 Å². The molecule has 1 aliphatic rings. The molecule has 2 aromatic carbocycles. The minimum atomic E-state index is -0.375. The number of anilines is 2. The summed E-state index contributed by atoms with van der Waals surface area (Å²) < 4.78 is 0.948. The number of rotatable bonds is 3. The fraction of sp³-hybridized carbons (Fsp3) is 0.222. The molecule has 4 nitrogen and oxygen atoms in total. The Labute approximate surface area is 153 Å². The zero-order valence-corrected chi connectivity index (χ0v) is 15.4. The summed E-state index contributed by atoms with van der Waals surface area (Å²) in [6.45, 7) is 2.23. The van der Waals surface area contributed by atoms with Gasteiger partial charge in [0.05, 0.1) is 5.92 Å². The van der Waals surface area contributed by atoms with E-state index in [1.807, 2.05) is 37.3 Å². The summed E-state index contributed by atoms with van der Waals surface area (Å²) in [6, 6.07) is 12.9. The number of amides is 2. The average molecular weight is 408 g/mol. The van der Waals surface area contributed by atoms with Gasteiger partial charge in [-0.05, 0) is 48.9 Å². The molecule has 124 valence electrons. The maximum absolute atomic E-state index is 12.5. The quantitative estimate of drug-likeness (QED) is 0.819. The van der Waals surface area contributed by atoms with Crippen molar-refractivity contribution in [3.63, 3.8) is 0 Å². The van der Waals surface area contributed by atoms with Gasteiger partial charge in [-0.15, -0.1) is 0 Å². The first kappa shape index (κ1) is 17.0. The van der Waals surface area contributed by atoms with Crippen LogP contribution in [0.2, 0.25) is 5.02 Å². The van der Waals surface area contributed by atoms with E-state index in [1.54, 1.807) is 17.0 Å². The summed E-state index contributed by atoms with van der Waals surface area (Å²) >= 11 is 9.45. The number of nitrogens with zero attached hydrogens (tertiary/aromatic N) is 1. The van der Waals surface area contributed by atoms with Gasteiger partial charge in [0.1, 0.15) is 0 Å². The third-order valence-electron chi connectivity index (χ3n) is 4.16. The Balaban J connectivity index is 1.72. The fourth-order valence-corrected chi connectivity index (χ4v) is 3.17. The second kappa shape index (κ2) is 6.95. The number of carbonyl (C=O) groups is 2. The van der Waals surface area contributed by atoms with Crippen molar-refractivity contribution >= 4 is 50.7 Å². The number of halogens is 2. The van der Waals surface area contributed by atoms with Gasteiger partial charge in [0.25, 0.3) is 0 Å². The third-order valence-corrected chi connectivity index (χ3v) is 5.10. The molecule has 1 saturated heterocycles. The summed E-state index contributed by atoms with van der Waals surface area (Å²) in [7, 11) is 0. The van der Waals surface area contributed by atoms with E-state index in [2.05, 4.69) is 21.2 Å². The SMILES string of the molecule is Cc1c(Cl)cccc1NC(=O)[C@@H]1CC(=O)N(c2ccc(Br)cc2)C1. The fourth-order valence-electron chi connectivity index (χ4n) is 2.73. The Morgan fingerprint density at radius 2 is 1.96 bits per heavy atom. The van der Waals surface area contributed by atoms with E-state index in [4.69, 9.17) is 11.6 Å². The highest BCUT2D eigenvalue weighted by molar-refractivity contribution is 9.10. The van der Waals surface area contributed by atoms with Crippen LogP contribution in [0.5, 0.6) is 0 Å². The largest absolute Gasteiger partial charge is 0.325 e. The highest BCUT2D eigenvalue weighted by Gasteiger charge is 2.35. The lowest BCUT2D eigenvalue weighted by Crippen LogP contribution is -2.28. The molecule has 0 aliphatic carbocycles. The lowest BCUT2D eigenvalue weighted by atomic mass is 10.1. The van der Waals surface area contributed by atoms with Gasteiger partial charge in [0.15, 0.2) is 0 Å². The maximum atomic E-state index is 12.5. The molecule has 0 bridgehead atoms. The van der Waals surface area contributed by atoms with Crippen molar-refractivity contribution in [1.82, 2.24) is 0 Å². The van der Waals surface area contributed by atoms with Crippen LogP contribution in [0.15, 0.2) is 46.9 Å². The van der Waals surface area contributed by atoms with Gasteiger partial charge in [-0.1, -0.05) is 33.6 Å². The minimum absolute atomic E-state index is 0.0414. The van der Waals surface area contributed by atoms with E-state index in [1.165, 1.54) is 0 Å². The van der Waals surface area contributed by atoms with Crippen LogP contribution in [0, 0.1) is 12.8 Å². The van der Waals surface area contributed by atoms with Crippen molar-refractivity contribution in [3.05, 3.63) is 57.5 Å². The Hall–Kier alpha value is -1.85. The Morgan fingerprint density at radius 3 is 2.67 bits per heavy atom. The maximum Gasteiger partial charge on any atom is 0.229 e. The molecule has 1 N–H and O–H groups in total. The van der Waals surface area contributed by atoms with E-state index in [0.717, 1.165) is 15.7 Å². The van der Waals surface area contributed by atoms with E-state index in [0.29, 0.717) is 17.3 Å². The molecule has 0 spiro atoms. The molecule has 0 aromatic heterocycles. The Bertz CT molecular complexity index is 792. The standard InChI is InChI=1S/C18H16BrClN2O2/c1-11-15(20)3-2-4-16(11)21-18(24)12-9-17(23)22(10-12)14-7-5-13(19)6-8-14/h2-8,12H,9-10H2,1H3,(H,21,24)/t12-/m1/s1. The predicted molar refractivity (Wildman–Crippen MR) is 99.4 cm³/mol. The molecule has 1 heterocycles. The molecule has 0 unspecified atom stereocenters.